The molecule has 0 aromatic heterocycles. The molecule has 0 radical (unpaired) electrons. The molecule has 2 saturated carbocycles. The van der Waals surface area contributed by atoms with Gasteiger partial charge in [0.1, 0.15) is 0 Å². The van der Waals surface area contributed by atoms with E-state index in [9.17, 15) is 9.90 Å². The molecule has 3 rings (SSSR count). The minimum Gasteiger partial charge on any atom is -0.391 e. The number of aliphatic hydroxyl groups is 1. The van der Waals surface area contributed by atoms with Gasteiger partial charge in [0.15, 0.2) is 0 Å². The van der Waals surface area contributed by atoms with Gasteiger partial charge in [0.25, 0.3) is 0 Å². The highest BCUT2D eigenvalue weighted by molar-refractivity contribution is 5.82. The van der Waals surface area contributed by atoms with E-state index in [2.05, 4.69) is 10.6 Å². The average Bonchev–Trinajstić information content (AvgIpc) is 3.19. The van der Waals surface area contributed by atoms with Crippen molar-refractivity contribution in [2.24, 2.45) is 17.3 Å². The van der Waals surface area contributed by atoms with E-state index >= 15 is 0 Å². The van der Waals surface area contributed by atoms with Gasteiger partial charge in [-0.25, -0.2) is 0 Å². The molecule has 3 aliphatic rings. The van der Waals surface area contributed by atoms with Crippen molar-refractivity contribution in [2.45, 2.75) is 57.5 Å². The standard InChI is InChI=1S/C16H28N2O2/c19-14(12-4-2-1-3-5-12)11-18-15(20)13-10-16(13)6-8-17-9-7-16/h12-14,17,19H,1-11H2,(H,18,20). The molecule has 3 fully saturated rings. The molecule has 2 aliphatic carbocycles. The fourth-order valence-corrected chi connectivity index (χ4v) is 4.21. The number of piperidine rings is 1. The van der Waals surface area contributed by atoms with Crippen LogP contribution in [0.3, 0.4) is 0 Å². The minimum absolute atomic E-state index is 0.182. The van der Waals surface area contributed by atoms with E-state index in [0.717, 1.165) is 45.2 Å². The van der Waals surface area contributed by atoms with Crippen LogP contribution in [0.25, 0.3) is 0 Å². The van der Waals surface area contributed by atoms with E-state index in [0.29, 0.717) is 17.9 Å². The Balaban J connectivity index is 1.41. The summed E-state index contributed by atoms with van der Waals surface area (Å²) in [4.78, 5) is 12.2. The summed E-state index contributed by atoms with van der Waals surface area (Å²) in [5.74, 6) is 0.793. The molecule has 2 atom stereocenters. The zero-order valence-corrected chi connectivity index (χ0v) is 12.4. The highest BCUT2D eigenvalue weighted by Crippen LogP contribution is 2.58. The average molecular weight is 280 g/mol. The van der Waals surface area contributed by atoms with Gasteiger partial charge in [-0.1, -0.05) is 19.3 Å². The summed E-state index contributed by atoms with van der Waals surface area (Å²) < 4.78 is 0. The predicted octanol–water partition coefficient (Wildman–Crippen LogP) is 1.43. The van der Waals surface area contributed by atoms with Gasteiger partial charge < -0.3 is 15.7 Å². The van der Waals surface area contributed by atoms with Crippen molar-refractivity contribution in [3.63, 3.8) is 0 Å². The second kappa shape index (κ2) is 6.02. The summed E-state index contributed by atoms with van der Waals surface area (Å²) in [7, 11) is 0. The van der Waals surface area contributed by atoms with Crippen molar-refractivity contribution >= 4 is 5.91 Å². The van der Waals surface area contributed by atoms with Crippen molar-refractivity contribution in [1.29, 1.82) is 0 Å². The molecule has 1 heterocycles. The normalized spacial score (nSPS) is 30.9. The summed E-state index contributed by atoms with van der Waals surface area (Å²) >= 11 is 0. The van der Waals surface area contributed by atoms with Crippen molar-refractivity contribution in [1.82, 2.24) is 10.6 Å². The number of hydrogen-bond donors (Lipinski definition) is 3. The lowest BCUT2D eigenvalue weighted by Gasteiger charge is -2.27. The van der Waals surface area contributed by atoms with Gasteiger partial charge in [-0.05, 0) is 56.5 Å². The molecule has 3 N–H and O–H groups in total. The molecule has 1 amide bonds. The molecule has 1 saturated heterocycles. The SMILES string of the molecule is O=C(NCC(O)C1CCCCC1)C1CC12CCNCC2. The van der Waals surface area contributed by atoms with Gasteiger partial charge in [0.2, 0.25) is 5.91 Å². The number of rotatable bonds is 4. The van der Waals surface area contributed by atoms with Crippen molar-refractivity contribution in [3.8, 4) is 0 Å². The lowest BCUT2D eigenvalue weighted by molar-refractivity contribution is -0.124. The Bertz CT molecular complexity index is 346. The smallest absolute Gasteiger partial charge is 0.223 e. The zero-order valence-electron chi connectivity index (χ0n) is 12.4. The van der Waals surface area contributed by atoms with Crippen LogP contribution in [0, 0.1) is 17.3 Å². The molecule has 114 valence electrons. The quantitative estimate of drug-likeness (QED) is 0.730. The van der Waals surface area contributed by atoms with Crippen LogP contribution in [0.2, 0.25) is 0 Å². The van der Waals surface area contributed by atoms with E-state index in [1.54, 1.807) is 0 Å². The van der Waals surface area contributed by atoms with Crippen LogP contribution in [-0.4, -0.2) is 36.8 Å². The van der Waals surface area contributed by atoms with Gasteiger partial charge in [0.05, 0.1) is 6.10 Å². The van der Waals surface area contributed by atoms with Gasteiger partial charge in [-0.3, -0.25) is 4.79 Å². The lowest BCUT2D eigenvalue weighted by atomic mass is 9.85. The monoisotopic (exact) mass is 280 g/mol. The highest BCUT2D eigenvalue weighted by atomic mass is 16.3. The molecule has 0 aromatic rings. The van der Waals surface area contributed by atoms with Crippen molar-refractivity contribution in [3.05, 3.63) is 0 Å². The fourth-order valence-electron chi connectivity index (χ4n) is 4.21. The predicted molar refractivity (Wildman–Crippen MR) is 78.2 cm³/mol. The number of amides is 1. The first kappa shape index (κ1) is 14.3. The summed E-state index contributed by atoms with van der Waals surface area (Å²) in [6, 6.07) is 0. The summed E-state index contributed by atoms with van der Waals surface area (Å²) in [6.45, 7) is 2.55. The number of aliphatic hydroxyl groups excluding tert-OH is 1. The van der Waals surface area contributed by atoms with Gasteiger partial charge in [0, 0.05) is 12.5 Å². The molecular weight excluding hydrogens is 252 g/mol. The molecule has 20 heavy (non-hydrogen) atoms. The second-order valence-corrected chi connectivity index (χ2v) is 7.08. The third-order valence-electron chi connectivity index (χ3n) is 5.78. The first-order valence-corrected chi connectivity index (χ1v) is 8.38. The van der Waals surface area contributed by atoms with Crippen LogP contribution in [0.1, 0.15) is 51.4 Å². The van der Waals surface area contributed by atoms with Crippen LogP contribution in [0.5, 0.6) is 0 Å². The lowest BCUT2D eigenvalue weighted by Crippen LogP contribution is -2.39. The van der Waals surface area contributed by atoms with Gasteiger partial charge >= 0.3 is 0 Å². The Morgan fingerprint density at radius 3 is 2.65 bits per heavy atom. The third kappa shape index (κ3) is 3.01. The van der Waals surface area contributed by atoms with E-state index in [1.165, 1.54) is 19.3 Å². The molecular formula is C16H28N2O2. The van der Waals surface area contributed by atoms with Crippen LogP contribution < -0.4 is 10.6 Å². The Morgan fingerprint density at radius 1 is 1.25 bits per heavy atom. The van der Waals surface area contributed by atoms with Gasteiger partial charge in [-0.15, -0.1) is 0 Å². The third-order valence-corrected chi connectivity index (χ3v) is 5.78. The Morgan fingerprint density at radius 2 is 1.95 bits per heavy atom. The number of nitrogens with one attached hydrogen (secondary N) is 2. The topological polar surface area (TPSA) is 61.4 Å². The van der Waals surface area contributed by atoms with E-state index in [1.807, 2.05) is 0 Å². The number of carbonyl (C=O) groups is 1. The molecule has 1 spiro atoms. The maximum Gasteiger partial charge on any atom is 0.223 e. The maximum absolute atomic E-state index is 12.2. The minimum atomic E-state index is -0.345. The Hall–Kier alpha value is -0.610. The Labute approximate surface area is 121 Å². The highest BCUT2D eigenvalue weighted by Gasteiger charge is 2.57. The van der Waals surface area contributed by atoms with Crippen LogP contribution in [-0.2, 0) is 4.79 Å². The maximum atomic E-state index is 12.2. The summed E-state index contributed by atoms with van der Waals surface area (Å²) in [5, 5.41) is 16.6. The second-order valence-electron chi connectivity index (χ2n) is 7.08. The van der Waals surface area contributed by atoms with Crippen molar-refractivity contribution in [2.75, 3.05) is 19.6 Å². The fraction of sp³-hybridized carbons (Fsp3) is 0.938. The zero-order chi connectivity index (χ0) is 14.0. The molecule has 0 aromatic carbocycles. The van der Waals surface area contributed by atoms with Crippen LogP contribution in [0.15, 0.2) is 0 Å². The Kier molecular flexibility index (Phi) is 4.32. The van der Waals surface area contributed by atoms with Crippen LogP contribution in [0.4, 0.5) is 0 Å². The van der Waals surface area contributed by atoms with E-state index in [-0.39, 0.29) is 17.9 Å². The largest absolute Gasteiger partial charge is 0.391 e. The summed E-state index contributed by atoms with van der Waals surface area (Å²) in [5.41, 5.74) is 0.297. The van der Waals surface area contributed by atoms with Crippen molar-refractivity contribution < 1.29 is 9.90 Å². The summed E-state index contributed by atoms with van der Waals surface area (Å²) in [6.07, 6.45) is 8.98. The van der Waals surface area contributed by atoms with Crippen LogP contribution >= 0.6 is 0 Å². The first-order valence-electron chi connectivity index (χ1n) is 8.38. The number of carbonyl (C=O) groups excluding carboxylic acids is 1. The van der Waals surface area contributed by atoms with E-state index < -0.39 is 0 Å². The number of hydrogen-bond acceptors (Lipinski definition) is 3. The molecule has 1 aliphatic heterocycles. The first-order chi connectivity index (χ1) is 9.71. The molecule has 4 heteroatoms. The van der Waals surface area contributed by atoms with E-state index in [4.69, 9.17) is 0 Å². The molecule has 4 nitrogen and oxygen atoms in total. The molecule has 0 bridgehead atoms. The van der Waals surface area contributed by atoms with Gasteiger partial charge in [-0.2, -0.15) is 0 Å². The molecule has 2 unspecified atom stereocenters.